The molecule has 1 fully saturated rings. The van der Waals surface area contributed by atoms with Crippen molar-refractivity contribution in [3.8, 4) is 0 Å². The molecule has 0 atom stereocenters. The number of hydrogen-bond donors (Lipinski definition) is 1. The van der Waals surface area contributed by atoms with Gasteiger partial charge in [-0.05, 0) is 45.0 Å². The zero-order valence-corrected chi connectivity index (χ0v) is 12.5. The van der Waals surface area contributed by atoms with Gasteiger partial charge in [0.25, 0.3) is 0 Å². The Hall–Kier alpha value is -0.980. The summed E-state index contributed by atoms with van der Waals surface area (Å²) in [5, 5.41) is 0. The Morgan fingerprint density at radius 1 is 1.25 bits per heavy atom. The van der Waals surface area contributed by atoms with Gasteiger partial charge in [-0.2, -0.15) is 0 Å². The Morgan fingerprint density at radius 3 is 2.40 bits per heavy atom. The van der Waals surface area contributed by atoms with Crippen LogP contribution in [0, 0.1) is 6.92 Å². The maximum Gasteiger partial charge on any atom is 0.240 e. The summed E-state index contributed by atoms with van der Waals surface area (Å²) in [6.45, 7) is 3.50. The van der Waals surface area contributed by atoms with Crippen molar-refractivity contribution >= 4 is 10.0 Å². The number of hydrogen-bond acceptors (Lipinski definition) is 3. The fraction of sp³-hybridized carbons (Fsp3) is 0.571. The molecule has 1 aromatic rings. The number of aryl methyl sites for hydroxylation is 1. The molecule has 20 heavy (non-hydrogen) atoms. The zero-order chi connectivity index (χ0) is 14.6. The predicted molar refractivity (Wildman–Crippen MR) is 76.9 cm³/mol. The molecule has 1 aliphatic heterocycles. The second kappa shape index (κ2) is 6.65. The van der Waals surface area contributed by atoms with Crippen molar-refractivity contribution in [2.45, 2.75) is 30.7 Å². The van der Waals surface area contributed by atoms with Crippen molar-refractivity contribution < 1.29 is 12.8 Å². The largest absolute Gasteiger partial charge is 0.301 e. The molecule has 112 valence electrons. The number of rotatable bonds is 5. The van der Waals surface area contributed by atoms with E-state index in [0.717, 1.165) is 31.5 Å². The fourth-order valence-corrected chi connectivity index (χ4v) is 3.70. The van der Waals surface area contributed by atoms with Gasteiger partial charge in [-0.25, -0.2) is 17.5 Å². The SMILES string of the molecule is Cc1ccc(S(=O)(=O)NC2CCN(CCF)CC2)cc1. The van der Waals surface area contributed by atoms with E-state index in [2.05, 4.69) is 4.72 Å². The molecule has 1 aliphatic rings. The summed E-state index contributed by atoms with van der Waals surface area (Å²) in [5.41, 5.74) is 1.03. The van der Waals surface area contributed by atoms with Crippen LogP contribution in [0.3, 0.4) is 0 Å². The van der Waals surface area contributed by atoms with Gasteiger partial charge in [0.2, 0.25) is 10.0 Å². The average Bonchev–Trinajstić information content (AvgIpc) is 2.41. The minimum absolute atomic E-state index is 0.0582. The van der Waals surface area contributed by atoms with Gasteiger partial charge in [0, 0.05) is 12.6 Å². The van der Waals surface area contributed by atoms with Gasteiger partial charge >= 0.3 is 0 Å². The first-order valence-electron chi connectivity index (χ1n) is 6.88. The number of sulfonamides is 1. The van der Waals surface area contributed by atoms with Gasteiger partial charge in [-0.3, -0.25) is 0 Å². The van der Waals surface area contributed by atoms with Crippen molar-refractivity contribution in [2.75, 3.05) is 26.3 Å². The van der Waals surface area contributed by atoms with Crippen LogP contribution < -0.4 is 4.72 Å². The maximum atomic E-state index is 12.2. The van der Waals surface area contributed by atoms with E-state index in [9.17, 15) is 12.8 Å². The van der Waals surface area contributed by atoms with Crippen LogP contribution in [0.1, 0.15) is 18.4 Å². The maximum absolute atomic E-state index is 12.2. The number of halogens is 1. The standard InChI is InChI=1S/C14H21FN2O2S/c1-12-2-4-14(5-3-12)20(18,19)16-13-6-9-17(10-7-13)11-8-15/h2-5,13,16H,6-11H2,1H3. The minimum atomic E-state index is -3.45. The third-order valence-electron chi connectivity index (χ3n) is 3.64. The number of alkyl halides is 1. The van der Waals surface area contributed by atoms with Crippen molar-refractivity contribution in [2.24, 2.45) is 0 Å². The molecule has 6 heteroatoms. The van der Waals surface area contributed by atoms with Gasteiger partial charge in [0.05, 0.1) is 4.90 Å². The molecule has 2 rings (SSSR count). The van der Waals surface area contributed by atoms with E-state index in [4.69, 9.17) is 0 Å². The van der Waals surface area contributed by atoms with Crippen molar-refractivity contribution in [1.82, 2.24) is 9.62 Å². The third kappa shape index (κ3) is 4.01. The molecule has 1 N–H and O–H groups in total. The highest BCUT2D eigenvalue weighted by atomic mass is 32.2. The van der Waals surface area contributed by atoms with E-state index in [1.54, 1.807) is 24.3 Å². The summed E-state index contributed by atoms with van der Waals surface area (Å²) in [6, 6.07) is 6.76. The lowest BCUT2D eigenvalue weighted by molar-refractivity contribution is 0.193. The Labute approximate surface area is 120 Å². The van der Waals surface area contributed by atoms with Crippen LogP contribution >= 0.6 is 0 Å². The zero-order valence-electron chi connectivity index (χ0n) is 11.7. The van der Waals surface area contributed by atoms with Crippen molar-refractivity contribution in [3.63, 3.8) is 0 Å². The van der Waals surface area contributed by atoms with Crippen LogP contribution in [-0.4, -0.2) is 45.7 Å². The van der Waals surface area contributed by atoms with E-state index in [0.29, 0.717) is 11.4 Å². The normalized spacial score (nSPS) is 18.3. The molecule has 1 heterocycles. The summed E-state index contributed by atoms with van der Waals surface area (Å²) in [4.78, 5) is 2.32. The van der Waals surface area contributed by atoms with Gasteiger partial charge in [0.15, 0.2) is 0 Å². The molecule has 0 amide bonds. The third-order valence-corrected chi connectivity index (χ3v) is 5.18. The highest BCUT2D eigenvalue weighted by Crippen LogP contribution is 2.15. The first-order chi connectivity index (χ1) is 9.51. The summed E-state index contributed by atoms with van der Waals surface area (Å²) >= 11 is 0. The summed E-state index contributed by atoms with van der Waals surface area (Å²) in [5.74, 6) is 0. The van der Waals surface area contributed by atoms with E-state index >= 15 is 0 Å². The number of nitrogens with zero attached hydrogens (tertiary/aromatic N) is 1. The van der Waals surface area contributed by atoms with Crippen LogP contribution in [0.15, 0.2) is 29.2 Å². The lowest BCUT2D eigenvalue weighted by Crippen LogP contribution is -2.45. The second-order valence-corrected chi connectivity index (χ2v) is 6.95. The molecular weight excluding hydrogens is 279 g/mol. The van der Waals surface area contributed by atoms with Crippen LogP contribution in [0.4, 0.5) is 4.39 Å². The van der Waals surface area contributed by atoms with E-state index < -0.39 is 10.0 Å². The molecule has 0 saturated carbocycles. The molecule has 0 radical (unpaired) electrons. The molecule has 0 unspecified atom stereocenters. The smallest absolute Gasteiger partial charge is 0.240 e. The quantitative estimate of drug-likeness (QED) is 0.900. The van der Waals surface area contributed by atoms with Gasteiger partial charge in [-0.15, -0.1) is 0 Å². The molecule has 0 aromatic heterocycles. The van der Waals surface area contributed by atoms with Crippen molar-refractivity contribution in [3.05, 3.63) is 29.8 Å². The van der Waals surface area contributed by atoms with E-state index in [1.165, 1.54) is 0 Å². The lowest BCUT2D eigenvalue weighted by Gasteiger charge is -2.31. The first-order valence-corrected chi connectivity index (χ1v) is 8.37. The first kappa shape index (κ1) is 15.4. The highest BCUT2D eigenvalue weighted by molar-refractivity contribution is 7.89. The van der Waals surface area contributed by atoms with Crippen LogP contribution in [0.2, 0.25) is 0 Å². The summed E-state index contributed by atoms with van der Waals surface area (Å²) in [7, 11) is -3.45. The topological polar surface area (TPSA) is 49.4 Å². The Bertz CT molecular complexity index is 523. The Morgan fingerprint density at radius 2 is 1.85 bits per heavy atom. The minimum Gasteiger partial charge on any atom is -0.301 e. The lowest BCUT2D eigenvalue weighted by atomic mass is 10.1. The molecule has 0 spiro atoms. The Balaban J connectivity index is 1.94. The number of piperidine rings is 1. The number of nitrogens with one attached hydrogen (secondary N) is 1. The summed E-state index contributed by atoms with van der Waals surface area (Å²) in [6.07, 6.45) is 1.45. The van der Waals surface area contributed by atoms with Crippen LogP contribution in [0.25, 0.3) is 0 Å². The molecule has 4 nitrogen and oxygen atoms in total. The average molecular weight is 300 g/mol. The van der Waals surface area contributed by atoms with Gasteiger partial charge < -0.3 is 4.90 Å². The second-order valence-electron chi connectivity index (χ2n) is 5.24. The van der Waals surface area contributed by atoms with Crippen molar-refractivity contribution in [1.29, 1.82) is 0 Å². The van der Waals surface area contributed by atoms with Crippen LogP contribution in [-0.2, 0) is 10.0 Å². The molecular formula is C14H21FN2O2S. The highest BCUT2D eigenvalue weighted by Gasteiger charge is 2.24. The molecule has 0 bridgehead atoms. The fourth-order valence-electron chi connectivity index (χ4n) is 2.40. The van der Waals surface area contributed by atoms with E-state index in [1.807, 2.05) is 11.8 Å². The van der Waals surface area contributed by atoms with Crippen LogP contribution in [0.5, 0.6) is 0 Å². The monoisotopic (exact) mass is 300 g/mol. The van der Waals surface area contributed by atoms with Gasteiger partial charge in [0.1, 0.15) is 6.67 Å². The number of benzene rings is 1. The molecule has 1 saturated heterocycles. The van der Waals surface area contributed by atoms with E-state index in [-0.39, 0.29) is 12.7 Å². The Kier molecular flexibility index (Phi) is 5.12. The molecule has 1 aromatic carbocycles. The predicted octanol–water partition coefficient (Wildman–Crippen LogP) is 1.71. The number of likely N-dealkylation sites (tertiary alicyclic amines) is 1. The summed E-state index contributed by atoms with van der Waals surface area (Å²) < 4.78 is 39.5. The van der Waals surface area contributed by atoms with Gasteiger partial charge in [-0.1, -0.05) is 17.7 Å². The molecule has 0 aliphatic carbocycles.